The molecule has 1 rings (SSSR count). The van der Waals surface area contributed by atoms with E-state index in [1.54, 1.807) is 0 Å². The Kier molecular flexibility index (Phi) is 6.98. The molecule has 0 aliphatic heterocycles. The summed E-state index contributed by atoms with van der Waals surface area (Å²) in [6, 6.07) is 5.71. The van der Waals surface area contributed by atoms with Gasteiger partial charge in [-0.3, -0.25) is 0 Å². The van der Waals surface area contributed by atoms with Crippen LogP contribution in [0.5, 0.6) is 5.88 Å². The second kappa shape index (κ2) is 8.40. The number of hydrogen-bond acceptors (Lipinski definition) is 2. The van der Waals surface area contributed by atoms with Gasteiger partial charge in [-0.25, -0.2) is 4.98 Å². The molecule has 90 valence electrons. The van der Waals surface area contributed by atoms with Gasteiger partial charge in [0.25, 0.3) is 0 Å². The molecular weight excluding hydrogens is 222 g/mol. The van der Waals surface area contributed by atoms with Crippen LogP contribution in [-0.2, 0) is 5.88 Å². The number of rotatable bonds is 8. The first-order valence-electron chi connectivity index (χ1n) is 6.01. The fourth-order valence-electron chi connectivity index (χ4n) is 1.49. The minimum atomic E-state index is 0.438. The molecule has 0 amide bonds. The summed E-state index contributed by atoms with van der Waals surface area (Å²) >= 11 is 5.70. The van der Waals surface area contributed by atoms with E-state index in [-0.39, 0.29) is 0 Å². The SMILES string of the molecule is CCCCCCCOc1cccc(CCl)n1. The average molecular weight is 242 g/mol. The molecule has 1 heterocycles. The van der Waals surface area contributed by atoms with Crippen molar-refractivity contribution in [2.75, 3.05) is 6.61 Å². The van der Waals surface area contributed by atoms with Crippen molar-refractivity contribution >= 4 is 11.6 Å². The van der Waals surface area contributed by atoms with Crippen LogP contribution in [-0.4, -0.2) is 11.6 Å². The number of hydrogen-bond donors (Lipinski definition) is 0. The molecule has 16 heavy (non-hydrogen) atoms. The van der Waals surface area contributed by atoms with Crippen molar-refractivity contribution < 1.29 is 4.74 Å². The first-order valence-corrected chi connectivity index (χ1v) is 6.55. The maximum absolute atomic E-state index is 5.70. The van der Waals surface area contributed by atoms with E-state index in [0.717, 1.165) is 18.7 Å². The second-order valence-corrected chi connectivity index (χ2v) is 4.13. The van der Waals surface area contributed by atoms with E-state index in [1.807, 2.05) is 18.2 Å². The third-order valence-corrected chi connectivity index (χ3v) is 2.69. The molecule has 0 N–H and O–H groups in total. The number of aromatic nitrogens is 1. The Morgan fingerprint density at radius 2 is 2.00 bits per heavy atom. The fraction of sp³-hybridized carbons (Fsp3) is 0.615. The molecule has 0 bridgehead atoms. The van der Waals surface area contributed by atoms with Crippen LogP contribution < -0.4 is 4.74 Å². The van der Waals surface area contributed by atoms with Crippen LogP contribution in [0.15, 0.2) is 18.2 Å². The number of alkyl halides is 1. The Morgan fingerprint density at radius 3 is 2.75 bits per heavy atom. The number of ether oxygens (including phenoxy) is 1. The molecule has 0 radical (unpaired) electrons. The van der Waals surface area contributed by atoms with Gasteiger partial charge in [0.2, 0.25) is 5.88 Å². The molecule has 3 heteroatoms. The lowest BCUT2D eigenvalue weighted by atomic mass is 10.2. The Labute approximate surface area is 103 Å². The molecule has 1 aromatic rings. The van der Waals surface area contributed by atoms with Gasteiger partial charge in [-0.2, -0.15) is 0 Å². The third-order valence-electron chi connectivity index (χ3n) is 2.42. The molecule has 0 saturated carbocycles. The van der Waals surface area contributed by atoms with E-state index in [4.69, 9.17) is 16.3 Å². The smallest absolute Gasteiger partial charge is 0.213 e. The van der Waals surface area contributed by atoms with Crippen LogP contribution in [0.4, 0.5) is 0 Å². The average Bonchev–Trinajstić information content (AvgIpc) is 2.34. The number of halogens is 1. The van der Waals surface area contributed by atoms with Crippen LogP contribution >= 0.6 is 11.6 Å². The van der Waals surface area contributed by atoms with Gasteiger partial charge in [0, 0.05) is 6.07 Å². The van der Waals surface area contributed by atoms with Crippen molar-refractivity contribution in [3.8, 4) is 5.88 Å². The van der Waals surface area contributed by atoms with Gasteiger partial charge >= 0.3 is 0 Å². The normalized spacial score (nSPS) is 10.4. The van der Waals surface area contributed by atoms with Crippen molar-refractivity contribution in [3.05, 3.63) is 23.9 Å². The van der Waals surface area contributed by atoms with Gasteiger partial charge in [0.15, 0.2) is 0 Å². The van der Waals surface area contributed by atoms with Gasteiger partial charge in [-0.05, 0) is 12.5 Å². The Bertz CT molecular complexity index is 291. The van der Waals surface area contributed by atoms with Gasteiger partial charge in [-0.15, -0.1) is 11.6 Å². The quantitative estimate of drug-likeness (QED) is 0.503. The number of pyridine rings is 1. The summed E-state index contributed by atoms with van der Waals surface area (Å²) in [6.07, 6.45) is 6.24. The van der Waals surface area contributed by atoms with E-state index in [1.165, 1.54) is 25.7 Å². The summed E-state index contributed by atoms with van der Waals surface area (Å²) < 4.78 is 5.56. The largest absolute Gasteiger partial charge is 0.478 e. The number of unbranched alkanes of at least 4 members (excludes halogenated alkanes) is 4. The van der Waals surface area contributed by atoms with Gasteiger partial charge in [0.05, 0.1) is 18.2 Å². The molecule has 1 aromatic heterocycles. The molecule has 0 spiro atoms. The summed E-state index contributed by atoms with van der Waals surface area (Å²) in [5.41, 5.74) is 0.866. The minimum Gasteiger partial charge on any atom is -0.478 e. The molecule has 0 aliphatic carbocycles. The van der Waals surface area contributed by atoms with E-state index in [9.17, 15) is 0 Å². The Hall–Kier alpha value is -0.760. The zero-order valence-electron chi connectivity index (χ0n) is 9.92. The second-order valence-electron chi connectivity index (χ2n) is 3.86. The lowest BCUT2D eigenvalue weighted by Crippen LogP contribution is -2.00. The first kappa shape index (κ1) is 13.3. The lowest BCUT2D eigenvalue weighted by molar-refractivity contribution is 0.293. The van der Waals surface area contributed by atoms with E-state index >= 15 is 0 Å². The summed E-state index contributed by atoms with van der Waals surface area (Å²) in [6.45, 7) is 2.97. The predicted octanol–water partition coefficient (Wildman–Crippen LogP) is 4.17. The number of nitrogens with zero attached hydrogens (tertiary/aromatic N) is 1. The predicted molar refractivity (Wildman–Crippen MR) is 68.0 cm³/mol. The highest BCUT2D eigenvalue weighted by atomic mass is 35.5. The van der Waals surface area contributed by atoms with Crippen LogP contribution in [0, 0.1) is 0 Å². The highest BCUT2D eigenvalue weighted by molar-refractivity contribution is 6.16. The minimum absolute atomic E-state index is 0.438. The summed E-state index contributed by atoms with van der Waals surface area (Å²) in [5, 5.41) is 0. The van der Waals surface area contributed by atoms with Crippen molar-refractivity contribution in [1.29, 1.82) is 0 Å². The zero-order chi connectivity index (χ0) is 11.6. The molecular formula is C13H20ClNO. The summed E-state index contributed by atoms with van der Waals surface area (Å²) in [4.78, 5) is 4.27. The van der Waals surface area contributed by atoms with Crippen LogP contribution in [0.3, 0.4) is 0 Å². The Balaban J connectivity index is 2.16. The van der Waals surface area contributed by atoms with Crippen LogP contribution in [0.25, 0.3) is 0 Å². The van der Waals surface area contributed by atoms with Crippen LogP contribution in [0.1, 0.15) is 44.7 Å². The molecule has 2 nitrogen and oxygen atoms in total. The standard InChI is InChI=1S/C13H20ClNO/c1-2-3-4-5-6-10-16-13-9-7-8-12(11-14)15-13/h7-9H,2-6,10-11H2,1H3. The van der Waals surface area contributed by atoms with Gasteiger partial charge < -0.3 is 4.74 Å². The topological polar surface area (TPSA) is 22.1 Å². The van der Waals surface area contributed by atoms with Gasteiger partial charge in [0.1, 0.15) is 0 Å². The molecule has 0 fully saturated rings. The van der Waals surface area contributed by atoms with Crippen molar-refractivity contribution in [3.63, 3.8) is 0 Å². The zero-order valence-corrected chi connectivity index (χ0v) is 10.7. The highest BCUT2D eigenvalue weighted by Gasteiger charge is 1.97. The van der Waals surface area contributed by atoms with Crippen molar-refractivity contribution in [1.82, 2.24) is 4.98 Å². The van der Waals surface area contributed by atoms with E-state index < -0.39 is 0 Å². The highest BCUT2D eigenvalue weighted by Crippen LogP contribution is 2.10. The maximum Gasteiger partial charge on any atom is 0.213 e. The molecule has 0 atom stereocenters. The molecule has 0 unspecified atom stereocenters. The molecule has 0 saturated heterocycles. The molecule has 0 aromatic carbocycles. The summed E-state index contributed by atoms with van der Waals surface area (Å²) in [7, 11) is 0. The third kappa shape index (κ3) is 5.36. The van der Waals surface area contributed by atoms with Crippen molar-refractivity contribution in [2.45, 2.75) is 44.9 Å². The lowest BCUT2D eigenvalue weighted by Gasteiger charge is -2.05. The van der Waals surface area contributed by atoms with E-state index in [2.05, 4.69) is 11.9 Å². The van der Waals surface area contributed by atoms with Crippen LogP contribution in [0.2, 0.25) is 0 Å². The van der Waals surface area contributed by atoms with Gasteiger partial charge in [-0.1, -0.05) is 38.7 Å². The van der Waals surface area contributed by atoms with Crippen molar-refractivity contribution in [2.24, 2.45) is 0 Å². The maximum atomic E-state index is 5.70. The first-order chi connectivity index (χ1) is 7.86. The molecule has 0 aliphatic rings. The Morgan fingerprint density at radius 1 is 1.19 bits per heavy atom. The fourth-order valence-corrected chi connectivity index (χ4v) is 1.64. The monoisotopic (exact) mass is 241 g/mol. The van der Waals surface area contributed by atoms with E-state index in [0.29, 0.717) is 11.8 Å². The summed E-state index contributed by atoms with van der Waals surface area (Å²) in [5.74, 6) is 1.13.